The molecule has 6 heteroatoms. The predicted molar refractivity (Wildman–Crippen MR) is 63.7 cm³/mol. The summed E-state index contributed by atoms with van der Waals surface area (Å²) < 4.78 is 3.65. The van der Waals surface area contributed by atoms with Gasteiger partial charge in [-0.1, -0.05) is 6.92 Å². The van der Waals surface area contributed by atoms with Gasteiger partial charge in [0.1, 0.15) is 0 Å². The summed E-state index contributed by atoms with van der Waals surface area (Å²) in [6.07, 6.45) is 6.13. The molecule has 2 heterocycles. The molecule has 0 saturated heterocycles. The number of aromatic nitrogens is 4. The van der Waals surface area contributed by atoms with E-state index in [9.17, 15) is 0 Å². The fraction of sp³-hybridized carbons (Fsp3) is 0.455. The van der Waals surface area contributed by atoms with Gasteiger partial charge in [0.2, 0.25) is 0 Å². The highest BCUT2D eigenvalue weighted by atomic mass is 16.3. The first-order valence-electron chi connectivity index (χ1n) is 5.59. The van der Waals surface area contributed by atoms with Crippen LogP contribution in [0, 0.1) is 0 Å². The van der Waals surface area contributed by atoms with E-state index in [1.165, 1.54) is 0 Å². The molecular weight excluding hydrogens is 218 g/mol. The summed E-state index contributed by atoms with van der Waals surface area (Å²) in [5, 5.41) is 13.5. The van der Waals surface area contributed by atoms with E-state index in [-0.39, 0.29) is 6.61 Å². The first-order chi connectivity index (χ1) is 8.17. The zero-order valence-corrected chi connectivity index (χ0v) is 10.0. The monoisotopic (exact) mass is 235 g/mol. The minimum Gasteiger partial charge on any atom is -0.394 e. The summed E-state index contributed by atoms with van der Waals surface area (Å²) in [6.45, 7) is 1.95. The van der Waals surface area contributed by atoms with Gasteiger partial charge < -0.3 is 10.8 Å². The number of hydrogen-bond donors (Lipinski definition) is 2. The molecular formula is C11H17N5O. The molecule has 0 saturated carbocycles. The number of nitrogens with two attached hydrogens (primary N) is 1. The molecule has 0 aliphatic rings. The summed E-state index contributed by atoms with van der Waals surface area (Å²) in [4.78, 5) is 4.09. The Labute approximate surface area is 99.7 Å². The van der Waals surface area contributed by atoms with Gasteiger partial charge in [0, 0.05) is 13.2 Å². The second kappa shape index (κ2) is 4.68. The Hall–Kier alpha value is -1.66. The van der Waals surface area contributed by atoms with Crippen molar-refractivity contribution in [2.24, 2.45) is 12.8 Å². The number of imidazole rings is 1. The maximum Gasteiger partial charge on any atom is 0.0995 e. The van der Waals surface area contributed by atoms with E-state index in [4.69, 9.17) is 10.8 Å². The molecule has 0 fully saturated rings. The summed E-state index contributed by atoms with van der Waals surface area (Å²) in [6, 6.07) is -0.428. The first-order valence-corrected chi connectivity index (χ1v) is 5.59. The lowest BCUT2D eigenvalue weighted by molar-refractivity contribution is 0.265. The number of rotatable bonds is 4. The second-order valence-electron chi connectivity index (χ2n) is 3.97. The number of hydrogen-bond acceptors (Lipinski definition) is 4. The molecule has 1 unspecified atom stereocenters. The predicted octanol–water partition coefficient (Wildman–Crippen LogP) is 0.160. The first kappa shape index (κ1) is 11.8. The van der Waals surface area contributed by atoms with E-state index in [1.807, 2.05) is 17.8 Å². The lowest BCUT2D eigenvalue weighted by atomic mass is 10.2. The molecule has 17 heavy (non-hydrogen) atoms. The molecule has 92 valence electrons. The Morgan fingerprint density at radius 1 is 1.53 bits per heavy atom. The van der Waals surface area contributed by atoms with Crippen LogP contribution in [0.1, 0.15) is 24.4 Å². The van der Waals surface area contributed by atoms with Crippen LogP contribution in [0.3, 0.4) is 0 Å². The fourth-order valence-corrected chi connectivity index (χ4v) is 1.85. The summed E-state index contributed by atoms with van der Waals surface area (Å²) in [7, 11) is 1.88. The molecule has 2 aromatic heterocycles. The van der Waals surface area contributed by atoms with E-state index < -0.39 is 6.04 Å². The molecule has 6 nitrogen and oxygen atoms in total. The maximum atomic E-state index is 9.12. The van der Waals surface area contributed by atoms with Crippen molar-refractivity contribution in [1.29, 1.82) is 0 Å². The van der Waals surface area contributed by atoms with Crippen molar-refractivity contribution in [3.05, 3.63) is 30.1 Å². The molecule has 0 radical (unpaired) electrons. The molecule has 0 bridgehead atoms. The third kappa shape index (κ3) is 2.09. The van der Waals surface area contributed by atoms with Crippen molar-refractivity contribution in [2.75, 3.05) is 6.61 Å². The smallest absolute Gasteiger partial charge is 0.0995 e. The Bertz CT molecular complexity index is 502. The summed E-state index contributed by atoms with van der Waals surface area (Å²) >= 11 is 0. The number of aliphatic hydroxyl groups excluding tert-OH is 1. The lowest BCUT2D eigenvalue weighted by Crippen LogP contribution is -2.18. The SMILES string of the molecule is CCc1nn(C)cc1-n1cncc1C(N)CO. The van der Waals surface area contributed by atoms with Gasteiger partial charge in [-0.2, -0.15) is 5.10 Å². The van der Waals surface area contributed by atoms with Crippen LogP contribution in [0.4, 0.5) is 0 Å². The van der Waals surface area contributed by atoms with Crippen molar-refractivity contribution >= 4 is 0 Å². The molecule has 0 spiro atoms. The Kier molecular flexibility index (Phi) is 3.26. The average Bonchev–Trinajstić information content (AvgIpc) is 2.93. The van der Waals surface area contributed by atoms with Crippen LogP contribution >= 0.6 is 0 Å². The van der Waals surface area contributed by atoms with Crippen LogP contribution in [-0.2, 0) is 13.5 Å². The largest absolute Gasteiger partial charge is 0.394 e. The lowest BCUT2D eigenvalue weighted by Gasteiger charge is -2.11. The van der Waals surface area contributed by atoms with Crippen LogP contribution in [0.25, 0.3) is 5.69 Å². The van der Waals surface area contributed by atoms with Crippen LogP contribution in [0.15, 0.2) is 18.7 Å². The number of nitrogens with zero attached hydrogens (tertiary/aromatic N) is 4. The van der Waals surface area contributed by atoms with E-state index in [0.29, 0.717) is 0 Å². The minimum absolute atomic E-state index is 0.104. The van der Waals surface area contributed by atoms with Gasteiger partial charge in [0.15, 0.2) is 0 Å². The van der Waals surface area contributed by atoms with Crippen molar-refractivity contribution < 1.29 is 5.11 Å². The van der Waals surface area contributed by atoms with E-state index in [2.05, 4.69) is 17.0 Å². The molecule has 0 aliphatic heterocycles. The highest BCUT2D eigenvalue weighted by molar-refractivity contribution is 5.37. The molecule has 0 aliphatic carbocycles. The maximum absolute atomic E-state index is 9.12. The van der Waals surface area contributed by atoms with Crippen molar-refractivity contribution in [3.63, 3.8) is 0 Å². The molecule has 3 N–H and O–H groups in total. The molecule has 2 rings (SSSR count). The van der Waals surface area contributed by atoms with E-state index >= 15 is 0 Å². The van der Waals surface area contributed by atoms with Gasteiger partial charge in [-0.15, -0.1) is 0 Å². The highest BCUT2D eigenvalue weighted by Crippen LogP contribution is 2.19. The second-order valence-corrected chi connectivity index (χ2v) is 3.97. The fourth-order valence-electron chi connectivity index (χ4n) is 1.85. The molecule has 0 amide bonds. The van der Waals surface area contributed by atoms with Crippen molar-refractivity contribution in [3.8, 4) is 5.69 Å². The van der Waals surface area contributed by atoms with Gasteiger partial charge in [0.25, 0.3) is 0 Å². The van der Waals surface area contributed by atoms with Crippen LogP contribution in [-0.4, -0.2) is 31.0 Å². The Morgan fingerprint density at radius 3 is 2.94 bits per heavy atom. The Balaban J connectivity index is 2.49. The highest BCUT2D eigenvalue weighted by Gasteiger charge is 2.15. The zero-order valence-electron chi connectivity index (χ0n) is 10.0. The molecule has 1 atom stereocenters. The van der Waals surface area contributed by atoms with E-state index in [0.717, 1.165) is 23.5 Å². The van der Waals surface area contributed by atoms with Gasteiger partial charge in [0.05, 0.1) is 42.2 Å². The minimum atomic E-state index is -0.428. The van der Waals surface area contributed by atoms with Crippen molar-refractivity contribution in [1.82, 2.24) is 19.3 Å². The third-order valence-corrected chi connectivity index (χ3v) is 2.72. The topological polar surface area (TPSA) is 81.9 Å². The summed E-state index contributed by atoms with van der Waals surface area (Å²) in [5.74, 6) is 0. The van der Waals surface area contributed by atoms with Crippen LogP contribution < -0.4 is 5.73 Å². The molecule has 0 aromatic carbocycles. The zero-order chi connectivity index (χ0) is 12.4. The summed E-state index contributed by atoms with van der Waals surface area (Å²) in [5.41, 5.74) is 8.57. The molecule has 2 aromatic rings. The quantitative estimate of drug-likeness (QED) is 0.791. The van der Waals surface area contributed by atoms with Gasteiger partial charge in [-0.05, 0) is 6.42 Å². The normalized spacial score (nSPS) is 12.9. The number of aliphatic hydroxyl groups is 1. The van der Waals surface area contributed by atoms with Crippen LogP contribution in [0.2, 0.25) is 0 Å². The Morgan fingerprint density at radius 2 is 2.29 bits per heavy atom. The van der Waals surface area contributed by atoms with Gasteiger partial charge in [-0.3, -0.25) is 9.25 Å². The van der Waals surface area contributed by atoms with Gasteiger partial charge >= 0.3 is 0 Å². The van der Waals surface area contributed by atoms with E-state index in [1.54, 1.807) is 17.2 Å². The number of aryl methyl sites for hydroxylation is 2. The van der Waals surface area contributed by atoms with Crippen molar-refractivity contribution in [2.45, 2.75) is 19.4 Å². The third-order valence-electron chi connectivity index (χ3n) is 2.72. The average molecular weight is 235 g/mol. The van der Waals surface area contributed by atoms with Crippen LogP contribution in [0.5, 0.6) is 0 Å². The van der Waals surface area contributed by atoms with Gasteiger partial charge in [-0.25, -0.2) is 4.98 Å². The standard InChI is InChI=1S/C11H17N5O/c1-3-9-11(5-15(2)14-9)16-7-13-4-10(16)8(12)6-17/h4-5,7-8,17H,3,6,12H2,1-2H3.